The van der Waals surface area contributed by atoms with Gasteiger partial charge in [0, 0.05) is 15.4 Å². The van der Waals surface area contributed by atoms with Gasteiger partial charge in [0.2, 0.25) is 0 Å². The molecule has 0 bridgehead atoms. The fourth-order valence-corrected chi connectivity index (χ4v) is 3.62. The standard InChI is InChI=1S/C10H20NOP/c1-11-7-3-2-4-10(5-8-11)6-9-13-12-10/h13H,2-9H2,1H3. The van der Waals surface area contributed by atoms with Crippen LogP contribution in [0.3, 0.4) is 0 Å². The molecule has 0 amide bonds. The monoisotopic (exact) mass is 201 g/mol. The summed E-state index contributed by atoms with van der Waals surface area (Å²) in [6.07, 6.45) is 7.91. The molecular weight excluding hydrogens is 181 g/mol. The Labute approximate surface area is 82.9 Å². The summed E-state index contributed by atoms with van der Waals surface area (Å²) in [5.74, 6) is 0. The highest BCUT2D eigenvalue weighted by atomic mass is 31.1. The van der Waals surface area contributed by atoms with Gasteiger partial charge in [-0.05, 0) is 51.9 Å². The molecule has 0 aromatic carbocycles. The lowest BCUT2D eigenvalue weighted by Gasteiger charge is -2.32. The van der Waals surface area contributed by atoms with Crippen LogP contribution in [0.1, 0.15) is 32.1 Å². The zero-order chi connectivity index (χ0) is 9.15. The molecule has 0 N–H and O–H groups in total. The van der Waals surface area contributed by atoms with Crippen LogP contribution in [-0.2, 0) is 4.52 Å². The lowest BCUT2D eigenvalue weighted by atomic mass is 9.89. The molecule has 2 nitrogen and oxygen atoms in total. The third kappa shape index (κ3) is 2.43. The van der Waals surface area contributed by atoms with Crippen molar-refractivity contribution in [1.29, 1.82) is 0 Å². The van der Waals surface area contributed by atoms with Crippen LogP contribution >= 0.6 is 8.81 Å². The second kappa shape index (κ2) is 4.25. The van der Waals surface area contributed by atoms with E-state index in [9.17, 15) is 0 Å². The molecule has 13 heavy (non-hydrogen) atoms. The quantitative estimate of drug-likeness (QED) is 0.557. The molecule has 2 heterocycles. The summed E-state index contributed by atoms with van der Waals surface area (Å²) >= 11 is 0. The molecule has 0 radical (unpaired) electrons. The van der Waals surface area contributed by atoms with E-state index in [1.165, 1.54) is 51.4 Å². The fraction of sp³-hybridized carbons (Fsp3) is 1.00. The lowest BCUT2D eigenvalue weighted by Crippen LogP contribution is -2.35. The first-order valence-corrected chi connectivity index (χ1v) is 6.52. The smallest absolute Gasteiger partial charge is 0.0737 e. The zero-order valence-electron chi connectivity index (χ0n) is 8.51. The molecule has 0 aliphatic carbocycles. The number of hydrogen-bond acceptors (Lipinski definition) is 2. The van der Waals surface area contributed by atoms with Crippen LogP contribution in [0.4, 0.5) is 0 Å². The Morgan fingerprint density at radius 3 is 2.85 bits per heavy atom. The molecule has 76 valence electrons. The van der Waals surface area contributed by atoms with E-state index >= 15 is 0 Å². The third-order valence-corrected chi connectivity index (χ3v) is 4.37. The molecular formula is C10H20NOP. The Bertz CT molecular complexity index is 168. The van der Waals surface area contributed by atoms with E-state index in [0.717, 1.165) is 8.81 Å². The topological polar surface area (TPSA) is 12.5 Å². The van der Waals surface area contributed by atoms with Crippen LogP contribution in [0.15, 0.2) is 0 Å². The van der Waals surface area contributed by atoms with E-state index in [4.69, 9.17) is 4.52 Å². The molecule has 2 unspecified atom stereocenters. The summed E-state index contributed by atoms with van der Waals surface area (Å²) in [6.45, 7) is 2.50. The molecule has 2 atom stereocenters. The summed E-state index contributed by atoms with van der Waals surface area (Å²) in [4.78, 5) is 2.45. The maximum absolute atomic E-state index is 5.97. The van der Waals surface area contributed by atoms with Crippen LogP contribution in [0.25, 0.3) is 0 Å². The van der Waals surface area contributed by atoms with E-state index in [-0.39, 0.29) is 0 Å². The van der Waals surface area contributed by atoms with E-state index in [1.54, 1.807) is 0 Å². The van der Waals surface area contributed by atoms with Crippen LogP contribution in [0.5, 0.6) is 0 Å². The number of nitrogens with zero attached hydrogens (tertiary/aromatic N) is 1. The van der Waals surface area contributed by atoms with Crippen molar-refractivity contribution in [3.8, 4) is 0 Å². The van der Waals surface area contributed by atoms with E-state index in [1.807, 2.05) is 0 Å². The second-order valence-electron chi connectivity index (χ2n) is 4.44. The first-order chi connectivity index (χ1) is 6.31. The average Bonchev–Trinajstić information content (AvgIpc) is 2.56. The summed E-state index contributed by atoms with van der Waals surface area (Å²) in [5, 5.41) is 0. The van der Waals surface area contributed by atoms with Gasteiger partial charge in [-0.15, -0.1) is 0 Å². The molecule has 0 aromatic rings. The summed E-state index contributed by atoms with van der Waals surface area (Å²) < 4.78 is 5.97. The van der Waals surface area contributed by atoms with Gasteiger partial charge in [-0.25, -0.2) is 0 Å². The largest absolute Gasteiger partial charge is 0.356 e. The highest BCUT2D eigenvalue weighted by molar-refractivity contribution is 7.32. The van der Waals surface area contributed by atoms with Gasteiger partial charge in [-0.3, -0.25) is 0 Å². The number of hydrogen-bond donors (Lipinski definition) is 0. The highest BCUT2D eigenvalue weighted by Gasteiger charge is 2.35. The Kier molecular flexibility index (Phi) is 3.23. The summed E-state index contributed by atoms with van der Waals surface area (Å²) in [6, 6.07) is 0. The van der Waals surface area contributed by atoms with Gasteiger partial charge in [0.1, 0.15) is 0 Å². The summed E-state index contributed by atoms with van der Waals surface area (Å²) in [5.41, 5.74) is 0.299. The van der Waals surface area contributed by atoms with Crippen LogP contribution in [0.2, 0.25) is 0 Å². The molecule has 0 saturated carbocycles. The van der Waals surface area contributed by atoms with Gasteiger partial charge in [-0.1, -0.05) is 0 Å². The molecule has 1 spiro atoms. The number of likely N-dealkylation sites (tertiary alicyclic amines) is 1. The Morgan fingerprint density at radius 2 is 2.08 bits per heavy atom. The van der Waals surface area contributed by atoms with Crippen molar-refractivity contribution < 1.29 is 4.52 Å². The first-order valence-electron chi connectivity index (χ1n) is 5.40. The van der Waals surface area contributed by atoms with Crippen LogP contribution in [-0.4, -0.2) is 36.8 Å². The molecule has 2 saturated heterocycles. The second-order valence-corrected chi connectivity index (χ2v) is 5.43. The van der Waals surface area contributed by atoms with Crippen molar-refractivity contribution in [1.82, 2.24) is 4.90 Å². The average molecular weight is 201 g/mol. The third-order valence-electron chi connectivity index (χ3n) is 3.34. The Hall–Kier alpha value is 0.350. The SMILES string of the molecule is CN1CCCCC2(CCPO2)CC1. The Balaban J connectivity index is 1.94. The van der Waals surface area contributed by atoms with Crippen molar-refractivity contribution >= 4 is 8.81 Å². The van der Waals surface area contributed by atoms with Gasteiger partial charge >= 0.3 is 0 Å². The minimum Gasteiger partial charge on any atom is -0.356 e. The van der Waals surface area contributed by atoms with Crippen molar-refractivity contribution in [3.05, 3.63) is 0 Å². The summed E-state index contributed by atoms with van der Waals surface area (Å²) in [7, 11) is 3.01. The molecule has 3 heteroatoms. The van der Waals surface area contributed by atoms with Crippen molar-refractivity contribution in [2.75, 3.05) is 26.3 Å². The van der Waals surface area contributed by atoms with Crippen molar-refractivity contribution in [2.24, 2.45) is 0 Å². The van der Waals surface area contributed by atoms with Gasteiger partial charge in [-0.2, -0.15) is 0 Å². The normalized spacial score (nSPS) is 39.5. The maximum Gasteiger partial charge on any atom is 0.0737 e. The van der Waals surface area contributed by atoms with Gasteiger partial charge in [0.25, 0.3) is 0 Å². The molecule has 2 rings (SSSR count). The van der Waals surface area contributed by atoms with Gasteiger partial charge in [0.15, 0.2) is 0 Å². The minimum absolute atomic E-state index is 0.299. The Morgan fingerprint density at radius 1 is 1.15 bits per heavy atom. The number of rotatable bonds is 0. The highest BCUT2D eigenvalue weighted by Crippen LogP contribution is 2.42. The maximum atomic E-state index is 5.97. The van der Waals surface area contributed by atoms with E-state index < -0.39 is 0 Å². The predicted molar refractivity (Wildman–Crippen MR) is 57.6 cm³/mol. The first kappa shape index (κ1) is 9.89. The van der Waals surface area contributed by atoms with E-state index in [2.05, 4.69) is 11.9 Å². The molecule has 2 aliphatic heterocycles. The van der Waals surface area contributed by atoms with Crippen LogP contribution < -0.4 is 0 Å². The fourth-order valence-electron chi connectivity index (χ4n) is 2.35. The lowest BCUT2D eigenvalue weighted by molar-refractivity contribution is 0.0601. The molecule has 2 fully saturated rings. The van der Waals surface area contributed by atoms with Gasteiger partial charge < -0.3 is 9.42 Å². The van der Waals surface area contributed by atoms with E-state index in [0.29, 0.717) is 5.60 Å². The molecule has 2 aliphatic rings. The molecule has 0 aromatic heterocycles. The predicted octanol–water partition coefficient (Wildman–Crippen LogP) is 2.24. The van der Waals surface area contributed by atoms with Crippen molar-refractivity contribution in [2.45, 2.75) is 37.7 Å². The minimum atomic E-state index is 0.299. The van der Waals surface area contributed by atoms with Gasteiger partial charge in [0.05, 0.1) is 5.60 Å². The van der Waals surface area contributed by atoms with Crippen molar-refractivity contribution in [3.63, 3.8) is 0 Å². The zero-order valence-corrected chi connectivity index (χ0v) is 9.51. The van der Waals surface area contributed by atoms with Crippen LogP contribution in [0, 0.1) is 0 Å².